The van der Waals surface area contributed by atoms with Gasteiger partial charge in [0.2, 0.25) is 0 Å². The zero-order chi connectivity index (χ0) is 21.4. The van der Waals surface area contributed by atoms with Gasteiger partial charge in [0.25, 0.3) is 0 Å². The fourth-order valence-corrected chi connectivity index (χ4v) is 4.19. The van der Waals surface area contributed by atoms with E-state index in [2.05, 4.69) is 28.8 Å². The second-order valence-corrected chi connectivity index (χ2v) is 7.37. The summed E-state index contributed by atoms with van der Waals surface area (Å²) in [6.07, 6.45) is 0. The molecule has 0 amide bonds. The number of aromatic amines is 1. The van der Waals surface area contributed by atoms with E-state index >= 15 is 0 Å². The quantitative estimate of drug-likeness (QED) is 0.325. The van der Waals surface area contributed by atoms with Gasteiger partial charge >= 0.3 is 0 Å². The SMILES string of the molecule is CCN(CC)CCn1[nH]c2c3c(=O)ccc(O)c3c(O)c3c(=NCCN)ccc1c32.Cl. The average Bonchev–Trinajstić information content (AvgIpc) is 3.12. The minimum atomic E-state index is -0.261. The number of fused-ring (bicyclic) bond motifs is 2. The second-order valence-electron chi connectivity index (χ2n) is 7.37. The van der Waals surface area contributed by atoms with Crippen LogP contribution in [0.5, 0.6) is 11.5 Å². The van der Waals surface area contributed by atoms with Crippen LogP contribution in [-0.2, 0) is 6.54 Å². The molecule has 0 fully saturated rings. The highest BCUT2D eigenvalue weighted by Crippen LogP contribution is 2.41. The molecule has 1 heterocycles. The van der Waals surface area contributed by atoms with Crippen molar-refractivity contribution in [3.8, 4) is 11.5 Å². The number of rotatable bonds is 7. The predicted octanol–water partition coefficient (Wildman–Crippen LogP) is 2.11. The van der Waals surface area contributed by atoms with Crippen LogP contribution in [0.2, 0.25) is 0 Å². The van der Waals surface area contributed by atoms with Crippen molar-refractivity contribution in [1.29, 1.82) is 0 Å². The van der Waals surface area contributed by atoms with Gasteiger partial charge in [-0.3, -0.25) is 19.6 Å². The summed E-state index contributed by atoms with van der Waals surface area (Å²) in [5.41, 5.74) is 6.83. The Balaban J connectivity index is 0.00000272. The molecule has 0 unspecified atom stereocenters. The molecule has 0 spiro atoms. The van der Waals surface area contributed by atoms with E-state index in [4.69, 9.17) is 5.73 Å². The smallest absolute Gasteiger partial charge is 0.189 e. The molecule has 0 saturated heterocycles. The van der Waals surface area contributed by atoms with Crippen molar-refractivity contribution in [1.82, 2.24) is 14.7 Å². The molecule has 0 radical (unpaired) electrons. The minimum absolute atomic E-state index is 0. The van der Waals surface area contributed by atoms with Crippen molar-refractivity contribution in [2.24, 2.45) is 10.7 Å². The lowest BCUT2D eigenvalue weighted by molar-refractivity contribution is 0.287. The summed E-state index contributed by atoms with van der Waals surface area (Å²) < 4.78 is 1.99. The molecular weight excluding hydrogens is 418 g/mol. The first kappa shape index (κ1) is 22.9. The molecule has 4 aromatic rings. The Morgan fingerprint density at radius 2 is 1.81 bits per heavy atom. The van der Waals surface area contributed by atoms with Crippen LogP contribution in [0.15, 0.2) is 34.1 Å². The van der Waals surface area contributed by atoms with Crippen molar-refractivity contribution >= 4 is 45.0 Å². The lowest BCUT2D eigenvalue weighted by Gasteiger charge is -2.18. The number of aromatic nitrogens is 2. The normalized spacial score (nSPS) is 12.5. The molecule has 8 nitrogen and oxygen atoms in total. The third-order valence-electron chi connectivity index (χ3n) is 5.76. The maximum absolute atomic E-state index is 12.7. The first-order chi connectivity index (χ1) is 14.5. The van der Waals surface area contributed by atoms with E-state index in [1.165, 1.54) is 12.1 Å². The minimum Gasteiger partial charge on any atom is -0.507 e. The Morgan fingerprint density at radius 3 is 2.48 bits per heavy atom. The number of hydrogen-bond acceptors (Lipinski definition) is 6. The van der Waals surface area contributed by atoms with Gasteiger partial charge < -0.3 is 20.8 Å². The first-order valence-corrected chi connectivity index (χ1v) is 10.3. The molecule has 0 bridgehead atoms. The molecule has 0 atom stereocenters. The number of nitrogens with zero attached hydrogens (tertiary/aromatic N) is 3. The molecule has 4 rings (SSSR count). The van der Waals surface area contributed by atoms with Gasteiger partial charge in [0.05, 0.1) is 45.6 Å². The van der Waals surface area contributed by atoms with Crippen LogP contribution < -0.4 is 16.5 Å². The lowest BCUT2D eigenvalue weighted by atomic mass is 9.99. The van der Waals surface area contributed by atoms with Crippen LogP contribution in [0.25, 0.3) is 32.6 Å². The van der Waals surface area contributed by atoms with Crippen molar-refractivity contribution in [2.45, 2.75) is 20.4 Å². The largest absolute Gasteiger partial charge is 0.507 e. The average molecular weight is 446 g/mol. The van der Waals surface area contributed by atoms with E-state index < -0.39 is 0 Å². The van der Waals surface area contributed by atoms with Crippen LogP contribution in [0.3, 0.4) is 0 Å². The van der Waals surface area contributed by atoms with E-state index in [-0.39, 0.29) is 40.1 Å². The Labute approximate surface area is 185 Å². The van der Waals surface area contributed by atoms with Gasteiger partial charge in [-0.25, -0.2) is 0 Å². The van der Waals surface area contributed by atoms with Crippen LogP contribution in [-0.4, -0.2) is 57.6 Å². The standard InChI is InChI=1S/C22H27N5O3.ClH/c1-3-26(4-2)11-12-27-14-6-5-13(24-10-9-23)17-18(14)21(25-27)19-15(28)7-8-16(29)20(19)22(17)30;/h5-8,25,29-30H,3-4,9-12,23H2,1-2H3;1H. The molecule has 0 aliphatic carbocycles. The number of nitrogens with one attached hydrogen (secondary N) is 1. The van der Waals surface area contributed by atoms with Gasteiger partial charge in [-0.15, -0.1) is 12.4 Å². The van der Waals surface area contributed by atoms with E-state index in [0.29, 0.717) is 35.9 Å². The molecule has 31 heavy (non-hydrogen) atoms. The molecule has 0 aliphatic heterocycles. The Morgan fingerprint density at radius 1 is 1.06 bits per heavy atom. The Hall–Kier alpha value is -2.81. The Bertz CT molecular complexity index is 1340. The molecule has 166 valence electrons. The maximum Gasteiger partial charge on any atom is 0.189 e. The van der Waals surface area contributed by atoms with Crippen LogP contribution >= 0.6 is 12.4 Å². The molecule has 0 saturated carbocycles. The number of likely N-dealkylation sites (N-methyl/N-ethyl adjacent to an activating group) is 1. The van der Waals surface area contributed by atoms with Gasteiger partial charge in [0, 0.05) is 18.5 Å². The summed E-state index contributed by atoms with van der Waals surface area (Å²) in [4.78, 5) is 19.5. The molecule has 1 aromatic heterocycles. The van der Waals surface area contributed by atoms with Gasteiger partial charge in [0.15, 0.2) is 5.43 Å². The first-order valence-electron chi connectivity index (χ1n) is 10.3. The van der Waals surface area contributed by atoms with E-state index in [1.54, 1.807) is 0 Å². The summed E-state index contributed by atoms with van der Waals surface area (Å²) in [7, 11) is 0. The fraction of sp³-hybridized carbons (Fsp3) is 0.364. The fourth-order valence-electron chi connectivity index (χ4n) is 4.19. The number of phenolic OH excluding ortho intramolecular Hbond substituents is 2. The highest BCUT2D eigenvalue weighted by Gasteiger charge is 2.22. The molecule has 0 aliphatic rings. The monoisotopic (exact) mass is 445 g/mol. The van der Waals surface area contributed by atoms with Crippen molar-refractivity contribution in [2.75, 3.05) is 32.7 Å². The van der Waals surface area contributed by atoms with Crippen LogP contribution in [0.1, 0.15) is 13.8 Å². The van der Waals surface area contributed by atoms with Crippen LogP contribution in [0.4, 0.5) is 0 Å². The van der Waals surface area contributed by atoms with E-state index in [1.807, 2.05) is 16.8 Å². The van der Waals surface area contributed by atoms with Gasteiger partial charge in [0.1, 0.15) is 11.5 Å². The van der Waals surface area contributed by atoms with Gasteiger partial charge in [-0.05, 0) is 37.4 Å². The number of H-pyrrole nitrogens is 1. The van der Waals surface area contributed by atoms with Gasteiger partial charge in [-0.2, -0.15) is 0 Å². The number of benzene rings is 3. The third kappa shape index (κ3) is 3.71. The van der Waals surface area contributed by atoms with E-state index in [0.717, 1.165) is 30.5 Å². The van der Waals surface area contributed by atoms with Crippen LogP contribution in [0, 0.1) is 0 Å². The number of phenols is 2. The highest BCUT2D eigenvalue weighted by atomic mass is 35.5. The van der Waals surface area contributed by atoms with E-state index in [9.17, 15) is 15.0 Å². The zero-order valence-corrected chi connectivity index (χ0v) is 18.5. The number of aromatic hydroxyl groups is 2. The van der Waals surface area contributed by atoms with Gasteiger partial charge in [-0.1, -0.05) is 13.8 Å². The summed E-state index contributed by atoms with van der Waals surface area (Å²) >= 11 is 0. The summed E-state index contributed by atoms with van der Waals surface area (Å²) in [6, 6.07) is 6.43. The number of halogens is 1. The third-order valence-corrected chi connectivity index (χ3v) is 5.76. The van der Waals surface area contributed by atoms with Crippen molar-refractivity contribution < 1.29 is 10.2 Å². The Kier molecular flexibility index (Phi) is 6.74. The summed E-state index contributed by atoms with van der Waals surface area (Å²) in [6.45, 7) is 8.48. The zero-order valence-electron chi connectivity index (χ0n) is 17.7. The predicted molar refractivity (Wildman–Crippen MR) is 127 cm³/mol. The number of hydrogen-bond donors (Lipinski definition) is 4. The maximum atomic E-state index is 12.7. The molecule has 3 aromatic carbocycles. The topological polar surface area (TPSA) is 120 Å². The molecular formula is C22H28ClN5O3. The molecule has 5 N–H and O–H groups in total. The summed E-state index contributed by atoms with van der Waals surface area (Å²) in [5.74, 6) is -0.275. The molecule has 9 heteroatoms. The highest BCUT2D eigenvalue weighted by molar-refractivity contribution is 6.23. The lowest BCUT2D eigenvalue weighted by Crippen LogP contribution is -2.27. The van der Waals surface area contributed by atoms with Crippen molar-refractivity contribution in [3.05, 3.63) is 39.8 Å². The second kappa shape index (κ2) is 9.13. The van der Waals surface area contributed by atoms with Crippen molar-refractivity contribution in [3.63, 3.8) is 0 Å². The number of nitrogens with two attached hydrogens (primary N) is 1. The summed E-state index contributed by atoms with van der Waals surface area (Å²) in [5, 5.41) is 27.2.